The van der Waals surface area contributed by atoms with Crippen LogP contribution in [0.3, 0.4) is 0 Å². The fourth-order valence-electron chi connectivity index (χ4n) is 4.06. The van der Waals surface area contributed by atoms with Gasteiger partial charge in [0.2, 0.25) is 0 Å². The maximum absolute atomic E-state index is 13.1. The molecule has 1 aliphatic rings. The number of sulfone groups is 1. The topological polar surface area (TPSA) is 99.5 Å². The van der Waals surface area contributed by atoms with Crippen LogP contribution in [0.1, 0.15) is 55.0 Å². The molecule has 0 aliphatic carbocycles. The Balaban J connectivity index is 1.46. The summed E-state index contributed by atoms with van der Waals surface area (Å²) in [4.78, 5) is 14.8. The van der Waals surface area contributed by atoms with E-state index in [-0.39, 0.29) is 34.2 Å². The molecule has 3 heterocycles. The number of aryl methyl sites for hydroxylation is 1. The van der Waals surface area contributed by atoms with Gasteiger partial charge in [0, 0.05) is 30.9 Å². The van der Waals surface area contributed by atoms with E-state index in [0.717, 1.165) is 28.8 Å². The molecule has 0 saturated carbocycles. The number of carbonyl (C=O) groups excluding carboxylic acids is 1. The molecule has 0 bridgehead atoms. The number of hydrogen-bond donors (Lipinski definition) is 1. The Bertz CT molecular complexity index is 1380. The Hall–Kier alpha value is -2.05. The zero-order valence-corrected chi connectivity index (χ0v) is 25.1. The van der Waals surface area contributed by atoms with E-state index in [0.29, 0.717) is 23.8 Å². The number of rotatable bonds is 8. The lowest BCUT2D eigenvalue weighted by atomic mass is 10.1. The van der Waals surface area contributed by atoms with Crippen molar-refractivity contribution >= 4 is 51.3 Å². The predicted octanol–water partition coefficient (Wildman–Crippen LogP) is 5.81. The van der Waals surface area contributed by atoms with Crippen molar-refractivity contribution in [2.24, 2.45) is 0 Å². The quantitative estimate of drug-likeness (QED) is 0.348. The highest BCUT2D eigenvalue weighted by Crippen LogP contribution is 2.37. The van der Waals surface area contributed by atoms with Crippen LogP contribution in [0.4, 0.5) is 5.69 Å². The highest BCUT2D eigenvalue weighted by Gasteiger charge is 2.37. The zero-order valence-electron chi connectivity index (χ0n) is 22.5. The molecule has 0 spiro atoms. The third-order valence-corrected chi connectivity index (χ3v) is 14.7. The first-order valence-electron chi connectivity index (χ1n) is 12.6. The van der Waals surface area contributed by atoms with Gasteiger partial charge in [0.05, 0.1) is 27.3 Å². The molecule has 37 heavy (non-hydrogen) atoms. The number of benzene rings is 1. The minimum absolute atomic E-state index is 0.00913. The van der Waals surface area contributed by atoms with Crippen molar-refractivity contribution in [2.75, 3.05) is 30.9 Å². The number of hydrogen-bond acceptors (Lipinski definition) is 7. The molecule has 0 atom stereocenters. The fraction of sp³-hybridized carbons (Fsp3) is 0.538. The summed E-state index contributed by atoms with van der Waals surface area (Å²) in [6.07, 6.45) is 1.80. The molecule has 4 rings (SSSR count). The summed E-state index contributed by atoms with van der Waals surface area (Å²) < 4.78 is 39.6. The third-order valence-electron chi connectivity index (χ3n) is 7.40. The summed E-state index contributed by atoms with van der Waals surface area (Å²) in [7, 11) is -5.60. The van der Waals surface area contributed by atoms with E-state index in [2.05, 4.69) is 39.2 Å². The van der Waals surface area contributed by atoms with Crippen LogP contribution in [0.5, 0.6) is 0 Å². The van der Waals surface area contributed by atoms with Crippen molar-refractivity contribution < 1.29 is 22.4 Å². The summed E-state index contributed by atoms with van der Waals surface area (Å²) in [5, 5.41) is 8.57. The van der Waals surface area contributed by atoms with Gasteiger partial charge < -0.3 is 14.5 Å². The number of ether oxygens (including phenoxy) is 1. The lowest BCUT2D eigenvalue weighted by molar-refractivity contribution is 0.0675. The third kappa shape index (κ3) is 6.17. The average Bonchev–Trinajstić information content (AvgIpc) is 3.39. The van der Waals surface area contributed by atoms with Gasteiger partial charge in [-0.15, -0.1) is 11.3 Å². The van der Waals surface area contributed by atoms with Crippen molar-refractivity contribution in [1.29, 1.82) is 0 Å². The lowest BCUT2D eigenvalue weighted by Gasteiger charge is -2.36. The summed E-state index contributed by atoms with van der Waals surface area (Å²) in [6, 6.07) is 8.55. The van der Waals surface area contributed by atoms with Crippen molar-refractivity contribution in [2.45, 2.75) is 69.6 Å². The number of nitrogens with zero attached hydrogens (tertiary/aromatic N) is 2. The minimum Gasteiger partial charge on any atom is -0.416 e. The fourth-order valence-corrected chi connectivity index (χ4v) is 7.51. The summed E-state index contributed by atoms with van der Waals surface area (Å²) in [5.74, 6) is -0.371. The van der Waals surface area contributed by atoms with Crippen LogP contribution >= 0.6 is 11.3 Å². The van der Waals surface area contributed by atoms with Crippen LogP contribution in [0.2, 0.25) is 18.1 Å². The highest BCUT2D eigenvalue weighted by molar-refractivity contribution is 7.91. The number of fused-ring (bicyclic) bond motifs is 1. The molecule has 11 heteroatoms. The number of thiophene rings is 1. The SMILES string of the molecule is Cc1nn(C2CCOCC2)c2sc(C(=O)Nc3cccc(S(=O)(=O)CCO[Si](C)(C)C(C)(C)C)c3)cc12. The number of anilines is 1. The van der Waals surface area contributed by atoms with Gasteiger partial charge in [0.25, 0.3) is 5.91 Å². The van der Waals surface area contributed by atoms with Crippen molar-refractivity contribution in [3.05, 3.63) is 40.9 Å². The van der Waals surface area contributed by atoms with Gasteiger partial charge in [-0.2, -0.15) is 5.10 Å². The highest BCUT2D eigenvalue weighted by atomic mass is 32.2. The van der Waals surface area contributed by atoms with E-state index >= 15 is 0 Å². The molecule has 1 aliphatic heterocycles. The van der Waals surface area contributed by atoms with Crippen LogP contribution in [0.15, 0.2) is 35.2 Å². The Labute approximate surface area is 224 Å². The van der Waals surface area contributed by atoms with Gasteiger partial charge in [-0.3, -0.25) is 9.48 Å². The monoisotopic (exact) mass is 563 g/mol. The first-order valence-corrected chi connectivity index (χ1v) is 18.0. The van der Waals surface area contributed by atoms with E-state index < -0.39 is 18.2 Å². The Morgan fingerprint density at radius 2 is 1.95 bits per heavy atom. The summed E-state index contributed by atoms with van der Waals surface area (Å²) in [5.41, 5.74) is 1.33. The first kappa shape index (κ1) is 28.0. The Morgan fingerprint density at radius 1 is 1.24 bits per heavy atom. The molecule has 1 saturated heterocycles. The van der Waals surface area contributed by atoms with Crippen LogP contribution < -0.4 is 5.32 Å². The molecule has 1 fully saturated rings. The van der Waals surface area contributed by atoms with Crippen molar-refractivity contribution in [3.8, 4) is 0 Å². The van der Waals surface area contributed by atoms with Gasteiger partial charge >= 0.3 is 0 Å². The second-order valence-electron chi connectivity index (χ2n) is 11.1. The summed E-state index contributed by atoms with van der Waals surface area (Å²) in [6.45, 7) is 14.1. The predicted molar refractivity (Wildman–Crippen MR) is 151 cm³/mol. The van der Waals surface area contributed by atoms with Crippen LogP contribution in [-0.2, 0) is 19.0 Å². The van der Waals surface area contributed by atoms with E-state index in [9.17, 15) is 13.2 Å². The lowest BCUT2D eigenvalue weighted by Crippen LogP contribution is -2.41. The Morgan fingerprint density at radius 3 is 2.62 bits per heavy atom. The first-order chi connectivity index (χ1) is 17.3. The number of nitrogens with one attached hydrogen (secondary N) is 1. The van der Waals surface area contributed by atoms with Crippen LogP contribution in [0, 0.1) is 6.92 Å². The van der Waals surface area contributed by atoms with Crippen LogP contribution in [-0.4, -0.2) is 58.0 Å². The van der Waals surface area contributed by atoms with E-state index in [4.69, 9.17) is 14.3 Å². The maximum atomic E-state index is 13.1. The molecule has 1 amide bonds. The minimum atomic E-state index is -3.56. The number of carbonyl (C=O) groups is 1. The number of amides is 1. The average molecular weight is 564 g/mol. The van der Waals surface area contributed by atoms with E-state index in [1.807, 2.05) is 17.7 Å². The van der Waals surface area contributed by atoms with Gasteiger partial charge in [0.1, 0.15) is 4.83 Å². The normalized spacial score (nSPS) is 15.8. The molecular formula is C26H37N3O5S2Si. The molecule has 0 radical (unpaired) electrons. The summed E-state index contributed by atoms with van der Waals surface area (Å²) >= 11 is 1.41. The number of aromatic nitrogens is 2. The van der Waals surface area contributed by atoms with E-state index in [1.54, 1.807) is 18.2 Å². The molecule has 3 aromatic rings. The molecule has 2 aromatic heterocycles. The van der Waals surface area contributed by atoms with Gasteiger partial charge in [-0.25, -0.2) is 8.42 Å². The van der Waals surface area contributed by atoms with E-state index in [1.165, 1.54) is 17.4 Å². The largest absolute Gasteiger partial charge is 0.416 e. The molecule has 202 valence electrons. The smallest absolute Gasteiger partial charge is 0.265 e. The molecule has 1 aromatic carbocycles. The Kier molecular flexibility index (Phi) is 8.02. The van der Waals surface area contributed by atoms with Gasteiger partial charge in [-0.05, 0) is 62.2 Å². The maximum Gasteiger partial charge on any atom is 0.265 e. The van der Waals surface area contributed by atoms with Gasteiger partial charge in [-0.1, -0.05) is 26.8 Å². The van der Waals surface area contributed by atoms with Crippen LogP contribution in [0.25, 0.3) is 10.2 Å². The molecule has 1 N–H and O–H groups in total. The second-order valence-corrected chi connectivity index (χ2v) is 19.1. The standard InChI is InChI=1S/C26H37N3O5S2Si/c1-18-22-17-23(35-25(22)29(28-18)20-10-12-33-13-11-20)24(30)27-19-8-7-9-21(16-19)36(31,32)15-14-34-37(5,6)26(2,3)4/h7-9,16-17,20H,10-15H2,1-6H3,(H,27,30). The van der Waals surface area contributed by atoms with Crippen molar-refractivity contribution in [1.82, 2.24) is 9.78 Å². The molecule has 0 unspecified atom stereocenters. The second kappa shape index (κ2) is 10.6. The molecule has 8 nitrogen and oxygen atoms in total. The molecular weight excluding hydrogens is 527 g/mol. The van der Waals surface area contributed by atoms with Crippen molar-refractivity contribution in [3.63, 3.8) is 0 Å². The zero-order chi connectivity index (χ0) is 27.0. The van der Waals surface area contributed by atoms with Gasteiger partial charge in [0.15, 0.2) is 18.2 Å².